The molecule has 2 aliphatic rings. The van der Waals surface area contributed by atoms with Gasteiger partial charge in [0.25, 0.3) is 0 Å². The van der Waals surface area contributed by atoms with Crippen LogP contribution in [0.1, 0.15) is 6.42 Å². The monoisotopic (exact) mass is 324 g/mol. The first-order valence-electron chi connectivity index (χ1n) is 7.24. The number of ether oxygens (including phenoxy) is 2. The highest BCUT2D eigenvalue weighted by Gasteiger charge is 2.48. The lowest BCUT2D eigenvalue weighted by atomic mass is 9.84. The van der Waals surface area contributed by atoms with Crippen LogP contribution in [0, 0.1) is 0 Å². The Balaban J connectivity index is 2.08. The molecule has 0 aromatic carbocycles. The van der Waals surface area contributed by atoms with Crippen molar-refractivity contribution in [3.05, 3.63) is 0 Å². The first-order valence-corrected chi connectivity index (χ1v) is 7.24. The molecule has 9 nitrogen and oxygen atoms in total. The minimum absolute atomic E-state index is 0.169. The van der Waals surface area contributed by atoms with Crippen LogP contribution in [0.3, 0.4) is 0 Å². The normalized spacial score (nSPS) is 53.5. The third-order valence-corrected chi connectivity index (χ3v) is 4.31. The van der Waals surface area contributed by atoms with E-state index in [1.54, 1.807) is 0 Å². The maximum absolute atomic E-state index is 13.8. The maximum atomic E-state index is 13.8. The van der Waals surface area contributed by atoms with Crippen molar-refractivity contribution in [3.8, 4) is 0 Å². The predicted octanol–water partition coefficient (Wildman–Crippen LogP) is -4.14. The van der Waals surface area contributed by atoms with Crippen molar-refractivity contribution < 1.29 is 29.2 Å². The van der Waals surface area contributed by atoms with Crippen molar-refractivity contribution in [1.82, 2.24) is 0 Å². The summed E-state index contributed by atoms with van der Waals surface area (Å²) < 4.78 is 24.6. The molecule has 0 unspecified atom stereocenters. The Hall–Kier alpha value is -0.430. The molecule has 1 heterocycles. The molecule has 1 aliphatic carbocycles. The smallest absolute Gasteiger partial charge is 0.176 e. The molecule has 0 spiro atoms. The number of halogens is 1. The summed E-state index contributed by atoms with van der Waals surface area (Å²) in [6.07, 6.45) is -8.88. The first-order chi connectivity index (χ1) is 10.3. The zero-order valence-electron chi connectivity index (χ0n) is 12.0. The second-order valence-corrected chi connectivity index (χ2v) is 5.94. The molecule has 10 atom stereocenters. The van der Waals surface area contributed by atoms with E-state index in [0.29, 0.717) is 0 Å². The number of hydrogen-bond donors (Lipinski definition) is 7. The fraction of sp³-hybridized carbons (Fsp3) is 1.00. The highest BCUT2D eigenvalue weighted by molar-refractivity contribution is 4.99. The van der Waals surface area contributed by atoms with E-state index in [1.807, 2.05) is 0 Å². The lowest BCUT2D eigenvalue weighted by molar-refractivity contribution is -0.280. The molecule has 0 bridgehead atoms. The number of hydrogen-bond acceptors (Lipinski definition) is 9. The average Bonchev–Trinajstić information content (AvgIpc) is 2.49. The van der Waals surface area contributed by atoms with Crippen LogP contribution in [-0.4, -0.2) is 83.0 Å². The van der Waals surface area contributed by atoms with Gasteiger partial charge in [0.2, 0.25) is 0 Å². The number of alkyl halides is 1. The van der Waals surface area contributed by atoms with Gasteiger partial charge >= 0.3 is 0 Å². The largest absolute Gasteiger partial charge is 0.389 e. The van der Waals surface area contributed by atoms with Crippen LogP contribution in [0.4, 0.5) is 4.39 Å². The Morgan fingerprint density at radius 2 is 1.68 bits per heavy atom. The van der Waals surface area contributed by atoms with Crippen molar-refractivity contribution in [1.29, 1.82) is 0 Å². The molecule has 2 rings (SSSR count). The second kappa shape index (κ2) is 6.99. The Bertz CT molecular complexity index is 379. The van der Waals surface area contributed by atoms with Crippen molar-refractivity contribution in [2.24, 2.45) is 22.9 Å². The third-order valence-electron chi connectivity index (χ3n) is 4.31. The van der Waals surface area contributed by atoms with Crippen molar-refractivity contribution in [2.45, 2.75) is 67.5 Å². The van der Waals surface area contributed by atoms with Crippen LogP contribution in [0.15, 0.2) is 0 Å². The Kier molecular flexibility index (Phi) is 5.69. The van der Waals surface area contributed by atoms with Gasteiger partial charge in [-0.25, -0.2) is 4.39 Å². The number of rotatable bonds is 3. The fourth-order valence-corrected chi connectivity index (χ4v) is 2.86. The van der Waals surface area contributed by atoms with E-state index in [-0.39, 0.29) is 13.0 Å². The number of aliphatic hydroxyl groups is 3. The van der Waals surface area contributed by atoms with Crippen LogP contribution in [0.25, 0.3) is 0 Å². The second-order valence-electron chi connectivity index (χ2n) is 5.94. The van der Waals surface area contributed by atoms with E-state index in [0.717, 1.165) is 0 Å². The summed E-state index contributed by atoms with van der Waals surface area (Å²) in [6.45, 7) is -0.169. The van der Waals surface area contributed by atoms with Crippen molar-refractivity contribution in [3.63, 3.8) is 0 Å². The lowest BCUT2D eigenvalue weighted by Crippen LogP contribution is -2.66. The Labute approximate surface area is 127 Å². The molecule has 11 N–H and O–H groups in total. The van der Waals surface area contributed by atoms with Gasteiger partial charge in [0.1, 0.15) is 24.4 Å². The zero-order valence-corrected chi connectivity index (χ0v) is 12.0. The quantitative estimate of drug-likeness (QED) is 0.271. The fourth-order valence-electron chi connectivity index (χ4n) is 2.86. The summed E-state index contributed by atoms with van der Waals surface area (Å²) in [5, 5.41) is 29.6. The van der Waals surface area contributed by atoms with E-state index in [4.69, 9.17) is 32.4 Å². The van der Waals surface area contributed by atoms with E-state index in [1.165, 1.54) is 0 Å². The summed E-state index contributed by atoms with van der Waals surface area (Å²) in [4.78, 5) is 0. The van der Waals surface area contributed by atoms with E-state index in [9.17, 15) is 19.7 Å². The van der Waals surface area contributed by atoms with E-state index in [2.05, 4.69) is 0 Å². The SMILES string of the molecule is NC[C@H]1O[C@H](O[C@H]2[C@H](O)[C@@H](O)[C@H](N)C[C@@H]2N)[C@H](N)[C@@H](O)[C@H]1F. The topological polar surface area (TPSA) is 183 Å². The molecule has 0 amide bonds. The lowest BCUT2D eigenvalue weighted by Gasteiger charge is -2.45. The minimum Gasteiger partial charge on any atom is -0.389 e. The third kappa shape index (κ3) is 3.25. The molecule has 130 valence electrons. The average molecular weight is 324 g/mol. The molecule has 0 aromatic heterocycles. The maximum Gasteiger partial charge on any atom is 0.176 e. The van der Waals surface area contributed by atoms with Crippen LogP contribution in [0.2, 0.25) is 0 Å². The van der Waals surface area contributed by atoms with Gasteiger partial charge in [-0.15, -0.1) is 0 Å². The van der Waals surface area contributed by atoms with Gasteiger partial charge in [0.15, 0.2) is 12.5 Å². The summed E-state index contributed by atoms with van der Waals surface area (Å²) in [7, 11) is 0. The molecule has 0 aromatic rings. The Morgan fingerprint density at radius 1 is 1.05 bits per heavy atom. The van der Waals surface area contributed by atoms with E-state index < -0.39 is 61.1 Å². The summed E-state index contributed by atoms with van der Waals surface area (Å²) in [5.41, 5.74) is 22.6. The minimum atomic E-state index is -1.73. The molecule has 2 fully saturated rings. The molecular weight excluding hydrogens is 299 g/mol. The molecular formula is C12H25FN4O5. The van der Waals surface area contributed by atoms with Crippen molar-refractivity contribution >= 4 is 0 Å². The van der Waals surface area contributed by atoms with Gasteiger partial charge in [-0.05, 0) is 6.42 Å². The summed E-state index contributed by atoms with van der Waals surface area (Å²) in [6, 6.07) is -2.52. The van der Waals surface area contributed by atoms with E-state index >= 15 is 0 Å². The number of nitrogens with two attached hydrogens (primary N) is 4. The highest BCUT2D eigenvalue weighted by Crippen LogP contribution is 2.27. The molecule has 1 saturated heterocycles. The number of aliphatic hydroxyl groups excluding tert-OH is 3. The van der Waals surface area contributed by atoms with Gasteiger partial charge in [0.05, 0.1) is 12.1 Å². The van der Waals surface area contributed by atoms with Gasteiger partial charge < -0.3 is 47.7 Å². The van der Waals surface area contributed by atoms with Crippen LogP contribution < -0.4 is 22.9 Å². The molecule has 1 aliphatic heterocycles. The van der Waals surface area contributed by atoms with Gasteiger partial charge in [0, 0.05) is 18.6 Å². The molecule has 10 heteroatoms. The summed E-state index contributed by atoms with van der Waals surface area (Å²) >= 11 is 0. The van der Waals surface area contributed by atoms with Gasteiger partial charge in [-0.2, -0.15) is 0 Å². The summed E-state index contributed by atoms with van der Waals surface area (Å²) in [5.74, 6) is 0. The highest BCUT2D eigenvalue weighted by atomic mass is 19.1. The standard InChI is InChI=1S/C12H25FN4O5/c13-6-5(2-14)21-12(7(17)9(6)19)22-11-4(16)1-3(15)8(18)10(11)20/h3-12,18-20H,1-2,14-17H2/t3-,4+,5-,6+,7-,8+,9+,10-,11-,12-/m1/s1. The van der Waals surface area contributed by atoms with Crippen LogP contribution >= 0.6 is 0 Å². The van der Waals surface area contributed by atoms with Crippen molar-refractivity contribution in [2.75, 3.05) is 6.54 Å². The molecule has 22 heavy (non-hydrogen) atoms. The van der Waals surface area contributed by atoms with Crippen LogP contribution in [-0.2, 0) is 9.47 Å². The zero-order chi connectivity index (χ0) is 16.6. The first kappa shape index (κ1) is 17.9. The Morgan fingerprint density at radius 3 is 2.27 bits per heavy atom. The van der Waals surface area contributed by atoms with Crippen LogP contribution in [0.5, 0.6) is 0 Å². The van der Waals surface area contributed by atoms with Gasteiger partial charge in [-0.3, -0.25) is 0 Å². The molecule has 1 saturated carbocycles. The van der Waals surface area contributed by atoms with Gasteiger partial charge in [-0.1, -0.05) is 0 Å². The molecule has 0 radical (unpaired) electrons. The predicted molar refractivity (Wildman–Crippen MR) is 74.0 cm³/mol.